The van der Waals surface area contributed by atoms with E-state index >= 15 is 0 Å². The lowest BCUT2D eigenvalue weighted by molar-refractivity contribution is -0.174. The van der Waals surface area contributed by atoms with Crippen LogP contribution in [0, 0.1) is 5.92 Å². The second-order valence-corrected chi connectivity index (χ2v) is 3.33. The van der Waals surface area contributed by atoms with Crippen LogP contribution < -0.4 is 0 Å². The van der Waals surface area contributed by atoms with Crippen LogP contribution in [0.5, 0.6) is 0 Å². The highest BCUT2D eigenvalue weighted by Crippen LogP contribution is 2.17. The molecular weight excluding hydrogens is 167 g/mol. The van der Waals surface area contributed by atoms with Gasteiger partial charge in [-0.05, 0) is 25.9 Å². The van der Waals surface area contributed by atoms with Crippen molar-refractivity contribution >= 4 is 13.9 Å². The molecule has 1 aliphatic rings. The van der Waals surface area contributed by atoms with E-state index in [1.807, 2.05) is 0 Å². The number of nitrogens with zero attached hydrogens (tertiary/aromatic N) is 2. The molecule has 0 aromatic rings. The Morgan fingerprint density at radius 2 is 2.08 bits per heavy atom. The van der Waals surface area contributed by atoms with Crippen LogP contribution in [0.1, 0.15) is 12.8 Å². The largest absolute Gasteiger partial charge is 0.353 e. The summed E-state index contributed by atoms with van der Waals surface area (Å²) in [7, 11) is 8.71. The second kappa shape index (κ2) is 4.62. The van der Waals surface area contributed by atoms with Gasteiger partial charge in [-0.15, -0.1) is 0 Å². The first-order valence-electron chi connectivity index (χ1n) is 4.46. The van der Waals surface area contributed by atoms with Crippen molar-refractivity contribution in [3.05, 3.63) is 0 Å². The van der Waals surface area contributed by atoms with Gasteiger partial charge in [-0.1, -0.05) is 0 Å². The number of hydrogen-bond donors (Lipinski definition) is 0. The van der Waals surface area contributed by atoms with Crippen LogP contribution in [0.3, 0.4) is 0 Å². The molecule has 1 aliphatic heterocycles. The lowest BCUT2D eigenvalue weighted by Crippen LogP contribution is -2.39. The lowest BCUT2D eigenvalue weighted by Gasteiger charge is -2.30. The van der Waals surface area contributed by atoms with Gasteiger partial charge in [0.25, 0.3) is 0 Å². The maximum Gasteiger partial charge on any atom is 0.249 e. The van der Waals surface area contributed by atoms with E-state index in [-0.39, 0.29) is 11.8 Å². The van der Waals surface area contributed by atoms with E-state index in [2.05, 4.69) is 0 Å². The van der Waals surface area contributed by atoms with Crippen LogP contribution in [0.15, 0.2) is 0 Å². The minimum absolute atomic E-state index is 0.0515. The maximum absolute atomic E-state index is 11.6. The molecule has 1 amide bonds. The molecule has 0 aromatic heterocycles. The Labute approximate surface area is 80.2 Å². The van der Waals surface area contributed by atoms with Crippen molar-refractivity contribution in [3.8, 4) is 0 Å². The summed E-state index contributed by atoms with van der Waals surface area (Å²) in [5, 5.41) is 1.29. The average molecular weight is 182 g/mol. The number of carbonyl (C=O) groups excluding carboxylic acids is 1. The Hall–Kier alpha value is -0.545. The van der Waals surface area contributed by atoms with E-state index in [1.165, 1.54) is 12.2 Å². The molecule has 13 heavy (non-hydrogen) atoms. The molecule has 0 spiro atoms. The molecule has 0 atom stereocenters. The van der Waals surface area contributed by atoms with Crippen LogP contribution in [0.25, 0.3) is 0 Å². The predicted molar refractivity (Wildman–Crippen MR) is 49.8 cm³/mol. The summed E-state index contributed by atoms with van der Waals surface area (Å²) in [4.78, 5) is 18.2. The first-order valence-corrected chi connectivity index (χ1v) is 4.46. The third-order valence-corrected chi connectivity index (χ3v) is 2.46. The molecule has 1 saturated heterocycles. The molecule has 4 nitrogen and oxygen atoms in total. The summed E-state index contributed by atoms with van der Waals surface area (Å²) in [5.74, 6) is 0.125. The molecule has 1 fully saturated rings. The first kappa shape index (κ1) is 10.5. The van der Waals surface area contributed by atoms with E-state index in [1.54, 1.807) is 11.9 Å². The van der Waals surface area contributed by atoms with Gasteiger partial charge in [-0.2, -0.15) is 0 Å². The molecule has 5 heteroatoms. The first-order chi connectivity index (χ1) is 6.15. The molecule has 0 aromatic carbocycles. The average Bonchev–Trinajstić information content (AvgIpc) is 2.17. The molecule has 0 unspecified atom stereocenters. The third-order valence-electron chi connectivity index (χ3n) is 2.46. The van der Waals surface area contributed by atoms with Gasteiger partial charge in [0.1, 0.15) is 0 Å². The fraction of sp³-hybridized carbons (Fsp3) is 0.875. The molecule has 0 aliphatic carbocycles. The number of hydrogen-bond acceptors (Lipinski definition) is 3. The van der Waals surface area contributed by atoms with Crippen molar-refractivity contribution in [2.45, 2.75) is 12.8 Å². The highest BCUT2D eigenvalue weighted by Gasteiger charge is 2.25. The van der Waals surface area contributed by atoms with Gasteiger partial charge in [0.15, 0.2) is 7.98 Å². The van der Waals surface area contributed by atoms with Crippen molar-refractivity contribution in [2.75, 3.05) is 27.2 Å². The lowest BCUT2D eigenvalue weighted by atomic mass is 9.94. The zero-order valence-electron chi connectivity index (χ0n) is 8.19. The van der Waals surface area contributed by atoms with Crippen molar-refractivity contribution < 1.29 is 9.63 Å². The van der Waals surface area contributed by atoms with Gasteiger partial charge in [-0.3, -0.25) is 9.63 Å². The molecule has 0 saturated carbocycles. The molecule has 0 bridgehead atoms. The van der Waals surface area contributed by atoms with Gasteiger partial charge in [0, 0.05) is 13.0 Å². The molecule has 1 heterocycles. The number of piperidine rings is 1. The number of amides is 1. The van der Waals surface area contributed by atoms with Crippen LogP contribution >= 0.6 is 0 Å². The normalized spacial score (nSPS) is 20.2. The van der Waals surface area contributed by atoms with E-state index in [0.717, 1.165) is 25.9 Å². The molecule has 1 rings (SSSR count). The summed E-state index contributed by atoms with van der Waals surface area (Å²) in [6.45, 7) is 1.57. The minimum atomic E-state index is 0.0515. The fourth-order valence-corrected chi connectivity index (χ4v) is 1.49. The molecule has 2 radical (unpaired) electrons. The van der Waals surface area contributed by atoms with Crippen LogP contribution in [0.4, 0.5) is 0 Å². The molecule has 0 N–H and O–H groups in total. The zero-order chi connectivity index (χ0) is 9.84. The van der Waals surface area contributed by atoms with Crippen LogP contribution in [-0.4, -0.2) is 51.0 Å². The summed E-state index contributed by atoms with van der Waals surface area (Å²) in [5.41, 5.74) is 0. The summed E-state index contributed by atoms with van der Waals surface area (Å²) in [6.07, 6.45) is 1.64. The minimum Gasteiger partial charge on any atom is -0.353 e. The van der Waals surface area contributed by atoms with Gasteiger partial charge >= 0.3 is 0 Å². The summed E-state index contributed by atoms with van der Waals surface area (Å²) < 4.78 is 0. The van der Waals surface area contributed by atoms with Crippen molar-refractivity contribution in [1.29, 1.82) is 0 Å². The topological polar surface area (TPSA) is 32.8 Å². The standard InChI is InChI=1S/C8H15BN2O2/c1-10(13-2)8(12)7-3-5-11(9)6-4-7/h7H,3-6H2,1-2H3. The third kappa shape index (κ3) is 2.71. The Morgan fingerprint density at radius 1 is 1.54 bits per heavy atom. The quantitative estimate of drug-likeness (QED) is 0.438. The van der Waals surface area contributed by atoms with Crippen molar-refractivity contribution in [2.24, 2.45) is 5.92 Å². The SMILES string of the molecule is [B]N1CCC(C(=O)N(C)OC)CC1. The highest BCUT2D eigenvalue weighted by atomic mass is 16.7. The van der Waals surface area contributed by atoms with E-state index in [4.69, 9.17) is 12.8 Å². The van der Waals surface area contributed by atoms with Crippen LogP contribution in [0.2, 0.25) is 0 Å². The van der Waals surface area contributed by atoms with E-state index in [0.29, 0.717) is 0 Å². The highest BCUT2D eigenvalue weighted by molar-refractivity contribution is 6.04. The Kier molecular flexibility index (Phi) is 3.75. The Bertz CT molecular complexity index is 181. The monoisotopic (exact) mass is 182 g/mol. The smallest absolute Gasteiger partial charge is 0.249 e. The number of rotatable bonds is 2. The second-order valence-electron chi connectivity index (χ2n) is 3.33. The van der Waals surface area contributed by atoms with Gasteiger partial charge in [-0.25, -0.2) is 5.06 Å². The zero-order valence-corrected chi connectivity index (χ0v) is 8.19. The predicted octanol–water partition coefficient (Wildman–Crippen LogP) is -0.198. The maximum atomic E-state index is 11.6. The van der Waals surface area contributed by atoms with Gasteiger partial charge < -0.3 is 4.81 Å². The van der Waals surface area contributed by atoms with Crippen molar-refractivity contribution in [1.82, 2.24) is 9.87 Å². The van der Waals surface area contributed by atoms with E-state index < -0.39 is 0 Å². The fourth-order valence-electron chi connectivity index (χ4n) is 1.49. The van der Waals surface area contributed by atoms with Crippen molar-refractivity contribution in [3.63, 3.8) is 0 Å². The van der Waals surface area contributed by atoms with Crippen LogP contribution in [-0.2, 0) is 9.63 Å². The Balaban J connectivity index is 2.40. The van der Waals surface area contributed by atoms with Gasteiger partial charge in [0.2, 0.25) is 5.91 Å². The number of carbonyl (C=O) groups is 1. The Morgan fingerprint density at radius 3 is 2.54 bits per heavy atom. The number of hydroxylamine groups is 2. The molecule has 72 valence electrons. The van der Waals surface area contributed by atoms with Gasteiger partial charge in [0.05, 0.1) is 7.11 Å². The van der Waals surface area contributed by atoms with E-state index in [9.17, 15) is 4.79 Å². The molecular formula is C8H15BN2O2. The summed E-state index contributed by atoms with van der Waals surface area (Å²) in [6, 6.07) is 0. The summed E-state index contributed by atoms with van der Waals surface area (Å²) >= 11 is 0.